The van der Waals surface area contributed by atoms with E-state index < -0.39 is 11.9 Å². The number of carbonyl (C=O) groups is 2. The topological polar surface area (TPSA) is 115 Å². The van der Waals surface area contributed by atoms with Crippen LogP contribution < -0.4 is 15.2 Å². The van der Waals surface area contributed by atoms with Gasteiger partial charge in [0.05, 0.1) is 13.1 Å². The van der Waals surface area contributed by atoms with E-state index in [1.165, 1.54) is 19.3 Å². The molecule has 150 valence electrons. The largest absolute Gasteiger partial charge is 0.545 e. The van der Waals surface area contributed by atoms with Crippen molar-refractivity contribution < 1.29 is 23.8 Å². The van der Waals surface area contributed by atoms with Gasteiger partial charge in [-0.1, -0.05) is 18.2 Å². The number of nitrogens with zero attached hydrogens (tertiary/aromatic N) is 1. The molecule has 0 saturated heterocycles. The summed E-state index contributed by atoms with van der Waals surface area (Å²) in [7, 11) is 1.54. The Morgan fingerprint density at radius 1 is 1.13 bits per heavy atom. The van der Waals surface area contributed by atoms with Crippen LogP contribution in [0.2, 0.25) is 0 Å². The monoisotopic (exact) mass is 401 g/mol. The van der Waals surface area contributed by atoms with E-state index in [2.05, 4.69) is 5.32 Å². The number of furan rings is 1. The second-order valence-electron chi connectivity index (χ2n) is 6.32. The molecule has 1 heterocycles. The number of benzene rings is 2. The van der Waals surface area contributed by atoms with Gasteiger partial charge >= 0.3 is 0 Å². The Labute approximate surface area is 172 Å². The summed E-state index contributed by atoms with van der Waals surface area (Å²) >= 11 is 0. The van der Waals surface area contributed by atoms with Gasteiger partial charge < -0.3 is 24.4 Å². The lowest BCUT2D eigenvalue weighted by molar-refractivity contribution is -0.255. The van der Waals surface area contributed by atoms with Crippen LogP contribution in [0.4, 0.5) is 5.69 Å². The summed E-state index contributed by atoms with van der Waals surface area (Å²) in [5.74, 6) is -0.525. The second kappa shape index (κ2) is 8.80. The maximum absolute atomic E-state index is 12.4. The van der Waals surface area contributed by atoms with Crippen LogP contribution in [-0.4, -0.2) is 19.0 Å². The Morgan fingerprint density at radius 2 is 1.87 bits per heavy atom. The highest BCUT2D eigenvalue weighted by atomic mass is 16.5. The van der Waals surface area contributed by atoms with Crippen LogP contribution in [0.5, 0.6) is 5.75 Å². The van der Waals surface area contributed by atoms with Crippen molar-refractivity contribution >= 4 is 23.6 Å². The Morgan fingerprint density at radius 3 is 2.50 bits per heavy atom. The summed E-state index contributed by atoms with van der Waals surface area (Å²) in [4.78, 5) is 23.6. The molecule has 0 fully saturated rings. The summed E-state index contributed by atoms with van der Waals surface area (Å²) in [5.41, 5.74) is 1.51. The first-order chi connectivity index (χ1) is 14.4. The predicted molar refractivity (Wildman–Crippen MR) is 108 cm³/mol. The first-order valence-electron chi connectivity index (χ1n) is 8.91. The first kappa shape index (κ1) is 20.4. The van der Waals surface area contributed by atoms with Crippen LogP contribution >= 0.6 is 0 Å². The molecule has 1 N–H and O–H groups in total. The predicted octanol–water partition coefficient (Wildman–Crippen LogP) is 3.17. The van der Waals surface area contributed by atoms with Crippen LogP contribution in [0.1, 0.15) is 21.7 Å². The van der Waals surface area contributed by atoms with E-state index in [0.29, 0.717) is 28.3 Å². The van der Waals surface area contributed by atoms with E-state index in [0.717, 1.165) is 0 Å². The first-order valence-corrected chi connectivity index (χ1v) is 8.91. The highest BCUT2D eigenvalue weighted by Gasteiger charge is 2.13. The lowest BCUT2D eigenvalue weighted by atomic mass is 10.0. The molecule has 30 heavy (non-hydrogen) atoms. The van der Waals surface area contributed by atoms with Crippen molar-refractivity contribution in [3.63, 3.8) is 0 Å². The van der Waals surface area contributed by atoms with E-state index in [1.54, 1.807) is 55.5 Å². The molecule has 0 unspecified atom stereocenters. The van der Waals surface area contributed by atoms with Crippen molar-refractivity contribution in [2.45, 2.75) is 6.92 Å². The minimum Gasteiger partial charge on any atom is -0.545 e. The zero-order valence-corrected chi connectivity index (χ0v) is 16.3. The number of hydrogen-bond acceptors (Lipinski definition) is 6. The minimum absolute atomic E-state index is 0.0672. The molecule has 0 atom stereocenters. The van der Waals surface area contributed by atoms with Gasteiger partial charge in [0.1, 0.15) is 28.9 Å². The normalized spacial score (nSPS) is 10.9. The molecule has 1 amide bonds. The van der Waals surface area contributed by atoms with Gasteiger partial charge in [-0.15, -0.1) is 0 Å². The third kappa shape index (κ3) is 4.39. The number of carboxylic acids is 1. The fraction of sp³-hybridized carbons (Fsp3) is 0.0870. The van der Waals surface area contributed by atoms with Crippen molar-refractivity contribution in [2.24, 2.45) is 0 Å². The smallest absolute Gasteiger partial charge is 0.266 e. The number of nitrogens with one attached hydrogen (secondary N) is 1. The van der Waals surface area contributed by atoms with Crippen LogP contribution in [0.3, 0.4) is 0 Å². The van der Waals surface area contributed by atoms with Gasteiger partial charge in [-0.3, -0.25) is 4.79 Å². The molecule has 0 aliphatic heterocycles. The molecular weight excluding hydrogens is 384 g/mol. The maximum atomic E-state index is 12.4. The minimum atomic E-state index is -1.28. The van der Waals surface area contributed by atoms with Crippen molar-refractivity contribution in [2.75, 3.05) is 12.4 Å². The van der Waals surface area contributed by atoms with E-state index >= 15 is 0 Å². The summed E-state index contributed by atoms with van der Waals surface area (Å²) in [5, 5.41) is 23.2. The van der Waals surface area contributed by atoms with Crippen LogP contribution in [0, 0.1) is 18.3 Å². The van der Waals surface area contributed by atoms with Crippen molar-refractivity contribution in [1.29, 1.82) is 5.26 Å². The zero-order valence-electron chi connectivity index (χ0n) is 16.3. The molecule has 3 rings (SSSR count). The van der Waals surface area contributed by atoms with Gasteiger partial charge in [-0.05, 0) is 48.9 Å². The van der Waals surface area contributed by atoms with Gasteiger partial charge in [0.2, 0.25) is 0 Å². The lowest BCUT2D eigenvalue weighted by Gasteiger charge is -2.10. The summed E-state index contributed by atoms with van der Waals surface area (Å²) in [6, 6.07) is 16.5. The summed E-state index contributed by atoms with van der Waals surface area (Å²) in [6.07, 6.45) is 1.32. The molecule has 0 bridgehead atoms. The van der Waals surface area contributed by atoms with Gasteiger partial charge in [0, 0.05) is 22.9 Å². The number of carboxylic acid groups (broad SMARTS) is 1. The SMILES string of the molecule is COc1ccc(NC(=O)/C(C#N)=C\c2ccc(-c3cccc(C(=O)[O-])c3C)o2)cc1. The molecular formula is C23H17N2O5-. The fourth-order valence-electron chi connectivity index (χ4n) is 2.86. The van der Waals surface area contributed by atoms with E-state index in [-0.39, 0.29) is 16.9 Å². The lowest BCUT2D eigenvalue weighted by Crippen LogP contribution is -2.23. The molecule has 2 aromatic carbocycles. The zero-order chi connectivity index (χ0) is 21.7. The third-order valence-electron chi connectivity index (χ3n) is 4.45. The number of amides is 1. The molecule has 7 nitrogen and oxygen atoms in total. The Balaban J connectivity index is 1.83. The molecule has 3 aromatic rings. The number of hydrogen-bond donors (Lipinski definition) is 1. The van der Waals surface area contributed by atoms with E-state index in [1.807, 2.05) is 6.07 Å². The van der Waals surface area contributed by atoms with Gasteiger partial charge in [0.25, 0.3) is 5.91 Å². The van der Waals surface area contributed by atoms with Crippen molar-refractivity contribution in [3.05, 3.63) is 77.1 Å². The third-order valence-corrected chi connectivity index (χ3v) is 4.45. The summed E-state index contributed by atoms with van der Waals surface area (Å²) in [6.45, 7) is 1.65. The highest BCUT2D eigenvalue weighted by molar-refractivity contribution is 6.09. The molecule has 0 radical (unpaired) electrons. The second-order valence-corrected chi connectivity index (χ2v) is 6.32. The highest BCUT2D eigenvalue weighted by Crippen LogP contribution is 2.28. The molecule has 7 heteroatoms. The van der Waals surface area contributed by atoms with E-state index in [4.69, 9.17) is 9.15 Å². The van der Waals surface area contributed by atoms with Crippen LogP contribution in [0.25, 0.3) is 17.4 Å². The van der Waals surface area contributed by atoms with Crippen LogP contribution in [-0.2, 0) is 4.79 Å². The Kier molecular flexibility index (Phi) is 5.99. The number of ether oxygens (including phenoxy) is 1. The number of aromatic carboxylic acids is 1. The van der Waals surface area contributed by atoms with Crippen molar-refractivity contribution in [3.8, 4) is 23.1 Å². The fourth-order valence-corrected chi connectivity index (χ4v) is 2.86. The molecule has 1 aromatic heterocycles. The number of nitriles is 1. The number of anilines is 1. The van der Waals surface area contributed by atoms with Crippen LogP contribution in [0.15, 0.2) is 64.6 Å². The Hall–Kier alpha value is -4.31. The number of rotatable bonds is 6. The quantitative estimate of drug-likeness (QED) is 0.501. The maximum Gasteiger partial charge on any atom is 0.266 e. The van der Waals surface area contributed by atoms with Gasteiger partial charge in [-0.2, -0.15) is 5.26 Å². The summed E-state index contributed by atoms with van der Waals surface area (Å²) < 4.78 is 10.8. The number of carbonyl (C=O) groups excluding carboxylic acids is 2. The van der Waals surface area contributed by atoms with Gasteiger partial charge in [0.15, 0.2) is 0 Å². The average Bonchev–Trinajstić information content (AvgIpc) is 3.20. The molecule has 0 saturated carbocycles. The molecule has 0 spiro atoms. The molecule has 0 aliphatic carbocycles. The average molecular weight is 401 g/mol. The molecule has 0 aliphatic rings. The Bertz CT molecular complexity index is 1170. The van der Waals surface area contributed by atoms with E-state index in [9.17, 15) is 20.0 Å². The number of methoxy groups -OCH3 is 1. The van der Waals surface area contributed by atoms with Gasteiger partial charge in [-0.25, -0.2) is 0 Å². The standard InChI is InChI=1S/C23H18N2O5/c1-14-19(4-3-5-20(14)23(27)28)21-11-10-18(30-21)12-15(13-24)22(26)25-16-6-8-17(29-2)9-7-16/h3-12H,1-2H3,(H,25,26)(H,27,28)/p-1/b15-12-. The van der Waals surface area contributed by atoms with Crippen molar-refractivity contribution in [1.82, 2.24) is 0 Å².